The summed E-state index contributed by atoms with van der Waals surface area (Å²) in [5.74, 6) is 0. The van der Waals surface area contributed by atoms with Crippen molar-refractivity contribution in [1.82, 2.24) is 0 Å². The lowest BCUT2D eigenvalue weighted by Crippen LogP contribution is -2.48. The van der Waals surface area contributed by atoms with Crippen LogP contribution in [0.25, 0.3) is 0 Å². The molecule has 0 aromatic heterocycles. The molecule has 2 saturated heterocycles. The molecule has 122 valence electrons. The van der Waals surface area contributed by atoms with Crippen molar-refractivity contribution in [2.75, 3.05) is 13.7 Å². The summed E-state index contributed by atoms with van der Waals surface area (Å²) < 4.78 is 45.0. The Balaban J connectivity index is 1.65. The van der Waals surface area contributed by atoms with E-state index in [9.17, 15) is 13.5 Å². The fourth-order valence-electron chi connectivity index (χ4n) is 2.43. The molecule has 2 fully saturated rings. The van der Waals surface area contributed by atoms with E-state index in [1.165, 1.54) is 19.2 Å². The van der Waals surface area contributed by atoms with E-state index in [1.807, 2.05) is 6.92 Å². The largest absolute Gasteiger partial charge is 0.387 e. The van der Waals surface area contributed by atoms with Gasteiger partial charge in [-0.1, -0.05) is 17.7 Å². The number of epoxide rings is 1. The number of aryl methyl sites for hydroxylation is 1. The lowest BCUT2D eigenvalue weighted by atomic mass is 10.1. The smallest absolute Gasteiger partial charge is 0.297 e. The number of hydrogen-bond acceptors (Lipinski definition) is 7. The van der Waals surface area contributed by atoms with Crippen molar-refractivity contribution < 1.29 is 31.9 Å². The Morgan fingerprint density at radius 3 is 2.50 bits per heavy atom. The van der Waals surface area contributed by atoms with Gasteiger partial charge in [-0.3, -0.25) is 4.18 Å². The summed E-state index contributed by atoms with van der Waals surface area (Å²) >= 11 is 0. The molecule has 0 aliphatic carbocycles. The lowest BCUT2D eigenvalue weighted by Gasteiger charge is -2.29. The maximum Gasteiger partial charge on any atom is 0.297 e. The number of fused-ring (bicyclic) bond motifs is 1. The predicted molar refractivity (Wildman–Crippen MR) is 74.7 cm³/mol. The molecule has 22 heavy (non-hydrogen) atoms. The minimum Gasteiger partial charge on any atom is -0.387 e. The van der Waals surface area contributed by atoms with Crippen molar-refractivity contribution in [2.24, 2.45) is 0 Å². The van der Waals surface area contributed by atoms with Crippen LogP contribution in [0, 0.1) is 6.92 Å². The fraction of sp³-hybridized carbons (Fsp3) is 0.571. The molecular weight excluding hydrogens is 312 g/mol. The van der Waals surface area contributed by atoms with Gasteiger partial charge in [0.05, 0.1) is 11.5 Å². The molecule has 2 aliphatic heterocycles. The molecule has 2 heterocycles. The third-order valence-corrected chi connectivity index (χ3v) is 5.08. The van der Waals surface area contributed by atoms with Gasteiger partial charge in [0.15, 0.2) is 6.29 Å². The first-order valence-corrected chi connectivity index (χ1v) is 8.31. The second kappa shape index (κ2) is 5.88. The fourth-order valence-corrected chi connectivity index (χ4v) is 3.35. The van der Waals surface area contributed by atoms with Gasteiger partial charge in [0.25, 0.3) is 10.1 Å². The van der Waals surface area contributed by atoms with Crippen molar-refractivity contribution >= 4 is 10.1 Å². The molecule has 1 aromatic carbocycles. The van der Waals surface area contributed by atoms with Crippen LogP contribution in [0.15, 0.2) is 29.2 Å². The number of hydrogen-bond donors (Lipinski definition) is 1. The quantitative estimate of drug-likeness (QED) is 0.609. The van der Waals surface area contributed by atoms with E-state index in [2.05, 4.69) is 0 Å². The van der Waals surface area contributed by atoms with E-state index in [1.54, 1.807) is 12.1 Å². The topological polar surface area (TPSA) is 94.6 Å². The van der Waals surface area contributed by atoms with E-state index in [-0.39, 0.29) is 17.6 Å². The highest BCUT2D eigenvalue weighted by Gasteiger charge is 2.58. The molecule has 0 bridgehead atoms. The van der Waals surface area contributed by atoms with Crippen LogP contribution in [-0.2, 0) is 28.5 Å². The van der Waals surface area contributed by atoms with Gasteiger partial charge in [-0.2, -0.15) is 8.42 Å². The van der Waals surface area contributed by atoms with Crippen molar-refractivity contribution in [3.05, 3.63) is 29.8 Å². The first-order chi connectivity index (χ1) is 10.4. The molecular formula is C14H18O7S. The Kier molecular flexibility index (Phi) is 4.23. The minimum absolute atomic E-state index is 0.0623. The Labute approximate surface area is 128 Å². The van der Waals surface area contributed by atoms with Gasteiger partial charge >= 0.3 is 0 Å². The average molecular weight is 330 g/mol. The lowest BCUT2D eigenvalue weighted by molar-refractivity contribution is -0.205. The number of benzene rings is 1. The third kappa shape index (κ3) is 3.03. The maximum atomic E-state index is 12.1. The Morgan fingerprint density at radius 1 is 1.18 bits per heavy atom. The molecule has 0 unspecified atom stereocenters. The van der Waals surface area contributed by atoms with Gasteiger partial charge in [-0.25, -0.2) is 0 Å². The van der Waals surface area contributed by atoms with Gasteiger partial charge in [0, 0.05) is 7.11 Å². The second-order valence-corrected chi connectivity index (χ2v) is 7.00. The maximum absolute atomic E-state index is 12.1. The summed E-state index contributed by atoms with van der Waals surface area (Å²) in [7, 11) is -2.44. The number of rotatable bonds is 5. The van der Waals surface area contributed by atoms with Crippen LogP contribution in [0.4, 0.5) is 0 Å². The Hall–Kier alpha value is -1.03. The molecule has 8 heteroatoms. The molecule has 1 aromatic rings. The average Bonchev–Trinajstić information content (AvgIpc) is 3.28. The number of methoxy groups -OCH3 is 1. The molecule has 1 N–H and O–H groups in total. The monoisotopic (exact) mass is 330 g/mol. The van der Waals surface area contributed by atoms with Gasteiger partial charge < -0.3 is 19.3 Å². The van der Waals surface area contributed by atoms with Crippen LogP contribution >= 0.6 is 0 Å². The molecule has 2 aliphatic rings. The summed E-state index contributed by atoms with van der Waals surface area (Å²) in [6.07, 6.45) is -3.08. The summed E-state index contributed by atoms with van der Waals surface area (Å²) in [6.45, 7) is 1.56. The van der Waals surface area contributed by atoms with Crippen LogP contribution in [0.3, 0.4) is 0 Å². The van der Waals surface area contributed by atoms with Gasteiger partial charge in [-0.05, 0) is 19.1 Å². The molecule has 3 rings (SSSR count). The highest BCUT2D eigenvalue weighted by Crippen LogP contribution is 2.37. The van der Waals surface area contributed by atoms with Crippen LogP contribution in [0.2, 0.25) is 0 Å². The molecule has 0 saturated carbocycles. The summed E-state index contributed by atoms with van der Waals surface area (Å²) in [6, 6.07) is 6.32. The molecule has 7 nitrogen and oxygen atoms in total. The SMILES string of the molecule is CO[C@H]1O[C@H](COS(=O)(=O)c2ccc(C)cc2)[C@H](O)[C@H]2O[C@@H]12. The van der Waals surface area contributed by atoms with Crippen LogP contribution in [0.1, 0.15) is 5.56 Å². The zero-order valence-corrected chi connectivity index (χ0v) is 13.0. The van der Waals surface area contributed by atoms with E-state index in [4.69, 9.17) is 18.4 Å². The highest BCUT2D eigenvalue weighted by molar-refractivity contribution is 7.86. The normalized spacial score (nSPS) is 34.2. The van der Waals surface area contributed by atoms with Crippen molar-refractivity contribution in [3.8, 4) is 0 Å². The summed E-state index contributed by atoms with van der Waals surface area (Å²) in [5, 5.41) is 10.0. The van der Waals surface area contributed by atoms with E-state index >= 15 is 0 Å². The first kappa shape index (κ1) is 15.9. The zero-order chi connectivity index (χ0) is 15.9. The van der Waals surface area contributed by atoms with Gasteiger partial charge in [-0.15, -0.1) is 0 Å². The number of ether oxygens (including phenoxy) is 3. The van der Waals surface area contributed by atoms with E-state index < -0.39 is 34.7 Å². The molecule has 0 radical (unpaired) electrons. The summed E-state index contributed by atoms with van der Waals surface area (Å²) in [4.78, 5) is 0.0623. The standard InChI is InChI=1S/C14H18O7S/c1-8-3-5-9(6-4-8)22(16,17)19-7-10-11(15)12-13(21-12)14(18-2)20-10/h3-6,10-15H,7H2,1-2H3/t10-,11+,12-,13-,14+/m1/s1. The van der Waals surface area contributed by atoms with Crippen molar-refractivity contribution in [1.29, 1.82) is 0 Å². The highest BCUT2D eigenvalue weighted by atomic mass is 32.2. The minimum atomic E-state index is -3.90. The van der Waals surface area contributed by atoms with E-state index in [0.717, 1.165) is 5.56 Å². The van der Waals surface area contributed by atoms with Crippen LogP contribution < -0.4 is 0 Å². The molecule has 0 amide bonds. The predicted octanol–water partition coefficient (Wildman–Crippen LogP) is 0.200. The third-order valence-electron chi connectivity index (χ3n) is 3.79. The Bertz CT molecular complexity index is 627. The summed E-state index contributed by atoms with van der Waals surface area (Å²) in [5.41, 5.74) is 0.949. The van der Waals surface area contributed by atoms with Crippen molar-refractivity contribution in [3.63, 3.8) is 0 Å². The zero-order valence-electron chi connectivity index (χ0n) is 12.2. The molecule has 0 spiro atoms. The van der Waals surface area contributed by atoms with Gasteiger partial charge in [0.1, 0.15) is 24.4 Å². The van der Waals surface area contributed by atoms with E-state index in [0.29, 0.717) is 0 Å². The van der Waals surface area contributed by atoms with Crippen LogP contribution in [-0.4, -0.2) is 57.9 Å². The number of aliphatic hydroxyl groups excluding tert-OH is 1. The van der Waals surface area contributed by atoms with Crippen LogP contribution in [0.5, 0.6) is 0 Å². The Morgan fingerprint density at radius 2 is 1.86 bits per heavy atom. The number of aliphatic hydroxyl groups is 1. The second-order valence-electron chi connectivity index (χ2n) is 5.39. The van der Waals surface area contributed by atoms with Crippen molar-refractivity contribution in [2.45, 2.75) is 42.5 Å². The van der Waals surface area contributed by atoms with Gasteiger partial charge in [0.2, 0.25) is 0 Å². The molecule has 5 atom stereocenters. The first-order valence-electron chi connectivity index (χ1n) is 6.90.